The number of nitrogens with zero attached hydrogens (tertiary/aromatic N) is 1. The number of amides is 3. The van der Waals surface area contributed by atoms with Crippen molar-refractivity contribution < 1.29 is 14.4 Å². The van der Waals surface area contributed by atoms with E-state index in [0.717, 1.165) is 38.5 Å². The molecule has 1 N–H and O–H groups in total. The molecule has 0 aromatic rings. The van der Waals surface area contributed by atoms with Gasteiger partial charge in [0.1, 0.15) is 5.54 Å². The number of urea groups is 1. The lowest BCUT2D eigenvalue weighted by Gasteiger charge is -2.56. The van der Waals surface area contributed by atoms with E-state index in [4.69, 9.17) is 0 Å². The Morgan fingerprint density at radius 3 is 2.27 bits per heavy atom. The Bertz CT molecular complexity index is 637. The zero-order valence-corrected chi connectivity index (χ0v) is 15.8. The van der Waals surface area contributed by atoms with Crippen LogP contribution in [-0.4, -0.2) is 34.7 Å². The van der Waals surface area contributed by atoms with Crippen LogP contribution in [0.4, 0.5) is 4.79 Å². The van der Waals surface area contributed by atoms with Gasteiger partial charge in [-0.05, 0) is 75.0 Å². The molecule has 5 nitrogen and oxygen atoms in total. The van der Waals surface area contributed by atoms with Crippen molar-refractivity contribution in [3.8, 4) is 0 Å². The van der Waals surface area contributed by atoms with E-state index in [9.17, 15) is 14.4 Å². The molecule has 4 bridgehead atoms. The summed E-state index contributed by atoms with van der Waals surface area (Å²) in [5.41, 5.74) is -1.000. The summed E-state index contributed by atoms with van der Waals surface area (Å²) < 4.78 is 0. The third-order valence-corrected chi connectivity index (χ3v) is 8.43. The quantitative estimate of drug-likeness (QED) is 0.788. The van der Waals surface area contributed by atoms with Crippen LogP contribution in [0.5, 0.6) is 0 Å². The minimum atomic E-state index is -0.753. The van der Waals surface area contributed by atoms with Gasteiger partial charge in [0.05, 0.1) is 6.54 Å². The van der Waals surface area contributed by atoms with Crippen LogP contribution in [0.3, 0.4) is 0 Å². The van der Waals surface area contributed by atoms with Crippen molar-refractivity contribution >= 4 is 17.7 Å². The fourth-order valence-electron chi connectivity index (χ4n) is 7.40. The highest BCUT2D eigenvalue weighted by atomic mass is 16.2. The van der Waals surface area contributed by atoms with Crippen molar-refractivity contribution in [1.29, 1.82) is 0 Å². The SMILES string of the molecule is CC1CCCCC12NC(=O)N(CC(=O)C13CC4CC(CC(C4)C1)C3)C2=O. The van der Waals surface area contributed by atoms with E-state index < -0.39 is 5.54 Å². The third-order valence-electron chi connectivity index (χ3n) is 8.43. The molecule has 1 saturated heterocycles. The molecule has 5 saturated carbocycles. The van der Waals surface area contributed by atoms with E-state index in [1.165, 1.54) is 24.2 Å². The predicted molar refractivity (Wildman–Crippen MR) is 96.2 cm³/mol. The van der Waals surface area contributed by atoms with E-state index >= 15 is 0 Å². The van der Waals surface area contributed by atoms with E-state index in [-0.39, 0.29) is 35.6 Å². The minimum Gasteiger partial charge on any atom is -0.323 e. The number of Topliss-reactive ketones (excluding diaryl/α,β-unsaturated/α-hetero) is 1. The zero-order chi connectivity index (χ0) is 18.1. The maximum atomic E-state index is 13.3. The number of rotatable bonds is 3. The van der Waals surface area contributed by atoms with Crippen LogP contribution in [0.15, 0.2) is 0 Å². The predicted octanol–water partition coefficient (Wildman–Crippen LogP) is 3.27. The molecule has 2 unspecified atom stereocenters. The monoisotopic (exact) mass is 358 g/mol. The standard InChI is InChI=1S/C21H30N2O3/c1-13-4-2-3-5-21(13)18(25)23(19(26)22-21)12-17(24)20-9-14-6-15(10-20)8-16(7-14)11-20/h13-16H,2-12H2,1H3,(H,22,26). The van der Waals surface area contributed by atoms with E-state index in [1.807, 2.05) is 0 Å². The smallest absolute Gasteiger partial charge is 0.323 e. The van der Waals surface area contributed by atoms with Crippen molar-refractivity contribution in [3.63, 3.8) is 0 Å². The van der Waals surface area contributed by atoms with Crippen LogP contribution in [0.25, 0.3) is 0 Å². The molecule has 5 aliphatic carbocycles. The average molecular weight is 358 g/mol. The van der Waals surface area contributed by atoms with Crippen LogP contribution in [0.1, 0.15) is 71.1 Å². The number of imide groups is 1. The third kappa shape index (κ3) is 2.24. The zero-order valence-electron chi connectivity index (χ0n) is 15.8. The lowest BCUT2D eigenvalue weighted by Crippen LogP contribution is -2.55. The van der Waals surface area contributed by atoms with Gasteiger partial charge in [-0.3, -0.25) is 14.5 Å². The second-order valence-corrected chi connectivity index (χ2v) is 10.1. The maximum absolute atomic E-state index is 13.3. The number of carbonyl (C=O) groups is 3. The van der Waals surface area contributed by atoms with Gasteiger partial charge >= 0.3 is 6.03 Å². The summed E-state index contributed by atoms with van der Waals surface area (Å²) in [7, 11) is 0. The van der Waals surface area contributed by atoms with Gasteiger partial charge in [-0.15, -0.1) is 0 Å². The van der Waals surface area contributed by atoms with E-state index in [1.54, 1.807) is 0 Å². The minimum absolute atomic E-state index is 0.00863. The van der Waals surface area contributed by atoms with Crippen molar-refractivity contribution in [2.75, 3.05) is 6.54 Å². The van der Waals surface area contributed by atoms with Gasteiger partial charge < -0.3 is 5.32 Å². The molecule has 6 rings (SSSR count). The Balaban J connectivity index is 1.36. The van der Waals surface area contributed by atoms with Gasteiger partial charge in [0.25, 0.3) is 5.91 Å². The maximum Gasteiger partial charge on any atom is 0.325 e. The number of carbonyl (C=O) groups excluding carboxylic acids is 3. The van der Waals surface area contributed by atoms with Crippen LogP contribution in [-0.2, 0) is 9.59 Å². The second kappa shape index (κ2) is 5.56. The van der Waals surface area contributed by atoms with E-state index in [0.29, 0.717) is 24.2 Å². The first-order valence-electron chi connectivity index (χ1n) is 10.6. The average Bonchev–Trinajstić information content (AvgIpc) is 2.81. The molecule has 2 atom stereocenters. The molecule has 26 heavy (non-hydrogen) atoms. The fraction of sp³-hybridized carbons (Fsp3) is 0.857. The Hall–Kier alpha value is -1.39. The number of hydrogen-bond donors (Lipinski definition) is 1. The first-order chi connectivity index (χ1) is 12.4. The molecule has 3 amide bonds. The molecule has 142 valence electrons. The molecule has 6 aliphatic rings. The van der Waals surface area contributed by atoms with E-state index in [2.05, 4.69) is 12.2 Å². The second-order valence-electron chi connectivity index (χ2n) is 10.1. The Kier molecular flexibility index (Phi) is 3.58. The van der Waals surface area contributed by atoms with Crippen LogP contribution >= 0.6 is 0 Å². The summed E-state index contributed by atoms with van der Waals surface area (Å²) in [6.45, 7) is 2.05. The Labute approximate surface area is 155 Å². The molecule has 0 radical (unpaired) electrons. The van der Waals surface area contributed by atoms with Gasteiger partial charge in [0.2, 0.25) is 0 Å². The largest absolute Gasteiger partial charge is 0.325 e. The van der Waals surface area contributed by atoms with Gasteiger partial charge in [-0.25, -0.2) is 4.79 Å². The van der Waals surface area contributed by atoms with Gasteiger partial charge in [0.15, 0.2) is 5.78 Å². The lowest BCUT2D eigenvalue weighted by molar-refractivity contribution is -0.148. The fourth-order valence-corrected chi connectivity index (χ4v) is 7.40. The van der Waals surface area contributed by atoms with Crippen molar-refractivity contribution in [1.82, 2.24) is 10.2 Å². The molecule has 1 aliphatic heterocycles. The molecule has 0 aromatic heterocycles. The normalized spacial score (nSPS) is 46.9. The molecular weight excluding hydrogens is 328 g/mol. The summed E-state index contributed by atoms with van der Waals surface area (Å²) in [5.74, 6) is 2.23. The molecule has 1 heterocycles. The van der Waals surface area contributed by atoms with Gasteiger partial charge in [-0.2, -0.15) is 0 Å². The van der Waals surface area contributed by atoms with Crippen LogP contribution in [0.2, 0.25) is 0 Å². The summed E-state index contributed by atoms with van der Waals surface area (Å²) in [5, 5.41) is 2.98. The summed E-state index contributed by atoms with van der Waals surface area (Å²) >= 11 is 0. The van der Waals surface area contributed by atoms with Crippen LogP contribution in [0, 0.1) is 29.1 Å². The van der Waals surface area contributed by atoms with Gasteiger partial charge in [-0.1, -0.05) is 19.8 Å². The molecule has 6 fully saturated rings. The molecule has 5 heteroatoms. The first-order valence-corrected chi connectivity index (χ1v) is 10.6. The first kappa shape index (κ1) is 16.8. The van der Waals surface area contributed by atoms with Crippen molar-refractivity contribution in [3.05, 3.63) is 0 Å². The summed E-state index contributed by atoms with van der Waals surface area (Å²) in [4.78, 5) is 40.3. The Morgan fingerprint density at radius 2 is 1.69 bits per heavy atom. The molecular formula is C21H30N2O3. The summed E-state index contributed by atoms with van der Waals surface area (Å²) in [6, 6.07) is -0.346. The van der Waals surface area contributed by atoms with Crippen molar-refractivity contribution in [2.45, 2.75) is 76.7 Å². The molecule has 1 spiro atoms. The topological polar surface area (TPSA) is 66.5 Å². The Morgan fingerprint density at radius 1 is 1.08 bits per heavy atom. The highest BCUT2D eigenvalue weighted by Gasteiger charge is 2.58. The summed E-state index contributed by atoms with van der Waals surface area (Å²) in [6.07, 6.45) is 10.6. The molecule has 0 aromatic carbocycles. The number of hydrogen-bond acceptors (Lipinski definition) is 3. The van der Waals surface area contributed by atoms with Gasteiger partial charge in [0, 0.05) is 5.41 Å². The van der Waals surface area contributed by atoms with Crippen LogP contribution < -0.4 is 5.32 Å². The lowest BCUT2D eigenvalue weighted by atomic mass is 9.48. The van der Waals surface area contributed by atoms with Crippen molar-refractivity contribution in [2.24, 2.45) is 29.1 Å². The highest BCUT2D eigenvalue weighted by Crippen LogP contribution is 2.60. The highest BCUT2D eigenvalue weighted by molar-refractivity contribution is 6.09. The number of nitrogens with one attached hydrogen (secondary N) is 1. The number of ketones is 1.